The van der Waals surface area contributed by atoms with E-state index in [0.717, 1.165) is 105 Å². The maximum atomic E-state index is 14.3. The molecule has 3 atom stereocenters. The molecule has 11 heteroatoms. The quantitative estimate of drug-likeness (QED) is 0.128. The Labute approximate surface area is 359 Å². The molecule has 9 nitrogen and oxygen atoms in total. The largest absolute Gasteiger partial charge is 0.343 e. The highest BCUT2D eigenvalue weighted by molar-refractivity contribution is 7.15. The van der Waals surface area contributed by atoms with Gasteiger partial charge in [0.05, 0.1) is 34.2 Å². The van der Waals surface area contributed by atoms with Crippen LogP contribution >= 0.6 is 22.7 Å². The second kappa shape index (κ2) is 18.2. The number of carbonyl (C=O) groups is 3. The average molecular weight is 833 g/mol. The molecule has 3 aliphatic rings. The fourth-order valence-corrected chi connectivity index (χ4v) is 10.9. The zero-order chi connectivity index (χ0) is 40.8. The molecule has 4 aromatic carbocycles. The summed E-state index contributed by atoms with van der Waals surface area (Å²) in [5.41, 5.74) is 6.32. The van der Waals surface area contributed by atoms with Gasteiger partial charge < -0.3 is 14.7 Å². The Kier molecular flexibility index (Phi) is 12.1. The van der Waals surface area contributed by atoms with Gasteiger partial charge in [0.2, 0.25) is 11.8 Å². The van der Waals surface area contributed by atoms with Gasteiger partial charge in [-0.25, -0.2) is 19.8 Å². The van der Waals surface area contributed by atoms with Crippen molar-refractivity contribution < 1.29 is 14.4 Å². The molecule has 0 saturated carbocycles. The van der Waals surface area contributed by atoms with Gasteiger partial charge in [-0.05, 0) is 78.3 Å². The van der Waals surface area contributed by atoms with Gasteiger partial charge in [-0.15, -0.1) is 22.7 Å². The molecule has 3 aliphatic heterocycles. The molecule has 3 fully saturated rings. The summed E-state index contributed by atoms with van der Waals surface area (Å²) in [6.07, 6.45) is 12.6. The first-order valence-electron chi connectivity index (χ1n) is 21.1. The molecule has 304 valence electrons. The van der Waals surface area contributed by atoms with E-state index in [2.05, 4.69) is 53.5 Å². The predicted octanol–water partition coefficient (Wildman–Crippen LogP) is 10.6. The molecule has 0 radical (unpaired) electrons. The molecule has 0 aliphatic carbocycles. The van der Waals surface area contributed by atoms with Gasteiger partial charge in [0.25, 0.3) is 0 Å². The van der Waals surface area contributed by atoms with Crippen molar-refractivity contribution in [3.63, 3.8) is 0 Å². The number of nitrogens with zero attached hydrogens (tertiary/aromatic N) is 6. The van der Waals surface area contributed by atoms with Crippen LogP contribution in [0.5, 0.6) is 0 Å². The SMILES string of the molecule is O=C(N=CC(C(=O)N1CCC[C@H]1c1ncc(-c2ccc(-c3ccc(-c4cnc(C5CCCN5C(=O)Cc5ccccc5)s4)cc3)cc2)s1)c1ccccc1)N1CCCCC1. The molecule has 2 unspecified atom stereocenters. The Morgan fingerprint density at radius 2 is 1.13 bits per heavy atom. The van der Waals surface area contributed by atoms with E-state index in [1.807, 2.05) is 82.9 Å². The maximum absolute atomic E-state index is 14.3. The minimum atomic E-state index is -0.647. The Hall–Kier alpha value is -5.78. The van der Waals surface area contributed by atoms with E-state index in [1.165, 1.54) is 0 Å². The highest BCUT2D eigenvalue weighted by Gasteiger charge is 2.36. The number of benzene rings is 4. The molecule has 9 rings (SSSR count). The van der Waals surface area contributed by atoms with Crippen LogP contribution in [0.2, 0.25) is 0 Å². The van der Waals surface area contributed by atoms with Crippen molar-refractivity contribution in [2.45, 2.75) is 69.4 Å². The van der Waals surface area contributed by atoms with Crippen molar-refractivity contribution in [2.24, 2.45) is 4.99 Å². The lowest BCUT2D eigenvalue weighted by Crippen LogP contribution is -2.36. The van der Waals surface area contributed by atoms with E-state index >= 15 is 0 Å². The molecular weight excluding hydrogens is 785 g/mol. The predicted molar refractivity (Wildman–Crippen MR) is 240 cm³/mol. The normalized spacial score (nSPS) is 18.6. The molecule has 0 bridgehead atoms. The maximum Gasteiger partial charge on any atom is 0.343 e. The third-order valence-corrected chi connectivity index (χ3v) is 14.3. The van der Waals surface area contributed by atoms with Crippen molar-refractivity contribution in [2.75, 3.05) is 26.2 Å². The molecule has 3 saturated heterocycles. The summed E-state index contributed by atoms with van der Waals surface area (Å²) in [5.74, 6) is -0.531. The van der Waals surface area contributed by atoms with Crippen LogP contribution in [0.3, 0.4) is 0 Å². The lowest BCUT2D eigenvalue weighted by atomic mass is 9.98. The topological polar surface area (TPSA) is 99.1 Å². The van der Waals surface area contributed by atoms with E-state index in [0.29, 0.717) is 26.1 Å². The molecule has 0 spiro atoms. The third kappa shape index (κ3) is 8.74. The number of likely N-dealkylation sites (tertiary alicyclic amines) is 3. The van der Waals surface area contributed by atoms with E-state index in [-0.39, 0.29) is 29.9 Å². The molecule has 6 aromatic rings. The first-order valence-corrected chi connectivity index (χ1v) is 22.8. The lowest BCUT2D eigenvalue weighted by molar-refractivity contribution is -0.132. The van der Waals surface area contributed by atoms with Gasteiger partial charge in [0.1, 0.15) is 10.0 Å². The number of thiazole rings is 2. The number of urea groups is 1. The van der Waals surface area contributed by atoms with Crippen molar-refractivity contribution in [1.82, 2.24) is 24.7 Å². The molecular formula is C49H48N6O3S2. The summed E-state index contributed by atoms with van der Waals surface area (Å²) < 4.78 is 0. The molecule has 60 heavy (non-hydrogen) atoms. The van der Waals surface area contributed by atoms with Crippen LogP contribution in [0.4, 0.5) is 4.79 Å². The monoisotopic (exact) mass is 832 g/mol. The molecule has 2 aromatic heterocycles. The van der Waals surface area contributed by atoms with Gasteiger partial charge in [0, 0.05) is 44.8 Å². The van der Waals surface area contributed by atoms with Crippen molar-refractivity contribution in [3.8, 4) is 32.0 Å². The van der Waals surface area contributed by atoms with Crippen molar-refractivity contribution >= 4 is 46.7 Å². The summed E-state index contributed by atoms with van der Waals surface area (Å²) in [6, 6.07) is 36.4. The summed E-state index contributed by atoms with van der Waals surface area (Å²) in [4.78, 5) is 62.4. The number of carbonyl (C=O) groups excluding carboxylic acids is 3. The number of aromatic nitrogens is 2. The lowest BCUT2D eigenvalue weighted by Gasteiger charge is -2.27. The van der Waals surface area contributed by atoms with E-state index in [4.69, 9.17) is 9.97 Å². The fraction of sp³-hybridized carbons (Fsp3) is 0.306. The number of piperidine rings is 1. The van der Waals surface area contributed by atoms with Crippen LogP contribution in [0.25, 0.3) is 32.0 Å². The van der Waals surface area contributed by atoms with Crippen molar-refractivity contribution in [3.05, 3.63) is 143 Å². The summed E-state index contributed by atoms with van der Waals surface area (Å²) >= 11 is 3.32. The van der Waals surface area contributed by atoms with Crippen LogP contribution in [0.1, 0.15) is 84.1 Å². The van der Waals surface area contributed by atoms with Crippen LogP contribution in [-0.2, 0) is 16.0 Å². The summed E-state index contributed by atoms with van der Waals surface area (Å²) in [6.45, 7) is 2.85. The summed E-state index contributed by atoms with van der Waals surface area (Å²) in [5, 5.41) is 1.93. The Bertz CT molecular complexity index is 2440. The molecule has 4 amide bonds. The third-order valence-electron chi connectivity index (χ3n) is 12.0. The van der Waals surface area contributed by atoms with Gasteiger partial charge in [0.15, 0.2) is 0 Å². The van der Waals surface area contributed by atoms with Crippen LogP contribution in [-0.4, -0.2) is 74.9 Å². The first-order chi connectivity index (χ1) is 29.5. The van der Waals surface area contributed by atoms with E-state index in [1.54, 1.807) is 33.8 Å². The zero-order valence-corrected chi connectivity index (χ0v) is 35.2. The Morgan fingerprint density at radius 3 is 1.72 bits per heavy atom. The van der Waals surface area contributed by atoms with Gasteiger partial charge in [-0.3, -0.25) is 9.59 Å². The number of rotatable bonds is 10. The highest BCUT2D eigenvalue weighted by atomic mass is 32.1. The van der Waals surface area contributed by atoms with Crippen LogP contribution in [0.15, 0.2) is 127 Å². The molecule has 5 heterocycles. The smallest absolute Gasteiger partial charge is 0.333 e. The Morgan fingerprint density at radius 1 is 0.617 bits per heavy atom. The molecule has 0 N–H and O–H groups in total. The zero-order valence-electron chi connectivity index (χ0n) is 33.6. The number of hydrogen-bond donors (Lipinski definition) is 0. The highest BCUT2D eigenvalue weighted by Crippen LogP contribution is 2.40. The first kappa shape index (κ1) is 39.7. The average Bonchev–Trinajstić information content (AvgIpc) is 4.15. The minimum absolute atomic E-state index is 0.0334. The number of hydrogen-bond acceptors (Lipinski definition) is 7. The standard InChI is InChI=1S/C49H48N6O3S2/c56-45(30-34-12-4-1-5-13-34)54-28-10-16-41(54)46-50-32-43(59-46)38-22-18-35(19-23-38)36-20-24-39(25-21-36)44-33-51-47(60-44)42-17-11-29-55(42)48(57)40(37-14-6-2-7-15-37)31-52-49(58)53-26-8-3-9-27-53/h1-2,4-7,12-15,18-25,31-33,40-42H,3,8-11,16-17,26-30H2/t40?,41?,42-/m0/s1. The van der Waals surface area contributed by atoms with E-state index in [9.17, 15) is 14.4 Å². The summed E-state index contributed by atoms with van der Waals surface area (Å²) in [7, 11) is 0. The van der Waals surface area contributed by atoms with Gasteiger partial charge in [-0.2, -0.15) is 0 Å². The van der Waals surface area contributed by atoms with Crippen LogP contribution in [0, 0.1) is 0 Å². The number of aliphatic imine (C=N–C) groups is 1. The van der Waals surface area contributed by atoms with Gasteiger partial charge in [-0.1, -0.05) is 109 Å². The van der Waals surface area contributed by atoms with Gasteiger partial charge >= 0.3 is 6.03 Å². The fourth-order valence-electron chi connectivity index (χ4n) is 8.72. The van der Waals surface area contributed by atoms with Crippen molar-refractivity contribution in [1.29, 1.82) is 0 Å². The second-order valence-corrected chi connectivity index (χ2v) is 18.0. The number of amides is 4. The van der Waals surface area contributed by atoms with Crippen LogP contribution < -0.4 is 0 Å². The van der Waals surface area contributed by atoms with E-state index < -0.39 is 5.92 Å². The Balaban J connectivity index is 0.850. The minimum Gasteiger partial charge on any atom is -0.333 e. The second-order valence-electron chi connectivity index (χ2n) is 15.9.